The van der Waals surface area contributed by atoms with Gasteiger partial charge in [0.05, 0.1) is 10.6 Å². The van der Waals surface area contributed by atoms with Gasteiger partial charge in [-0.15, -0.1) is 0 Å². The molecule has 3 nitrogen and oxygen atoms in total. The van der Waals surface area contributed by atoms with E-state index >= 15 is 0 Å². The lowest BCUT2D eigenvalue weighted by molar-refractivity contribution is 0.0693. The molecule has 0 unspecified atom stereocenters. The Balaban J connectivity index is 2.01. The van der Waals surface area contributed by atoms with Crippen LogP contribution in [0, 0.1) is 6.92 Å². The van der Waals surface area contributed by atoms with Gasteiger partial charge in [-0.1, -0.05) is 36.0 Å². The number of rotatable bonds is 3. The summed E-state index contributed by atoms with van der Waals surface area (Å²) in [5.41, 5.74) is 2.44. The number of H-pyrrole nitrogens is 1. The van der Waals surface area contributed by atoms with E-state index in [0.29, 0.717) is 5.56 Å². The van der Waals surface area contributed by atoms with E-state index in [2.05, 4.69) is 4.98 Å². The summed E-state index contributed by atoms with van der Waals surface area (Å²) in [6.07, 6.45) is 0. The molecule has 0 aliphatic heterocycles. The van der Waals surface area contributed by atoms with E-state index in [1.54, 1.807) is 6.07 Å². The number of aromatic carboxylic acids is 1. The average Bonchev–Trinajstić information content (AvgIpc) is 2.80. The number of carboxylic acid groups (broad SMARTS) is 1. The van der Waals surface area contributed by atoms with Crippen LogP contribution in [0.1, 0.15) is 15.9 Å². The number of aromatic amines is 1. The highest BCUT2D eigenvalue weighted by atomic mass is 32.2. The summed E-state index contributed by atoms with van der Waals surface area (Å²) in [5, 5.41) is 11.3. The first-order chi connectivity index (χ1) is 9.63. The van der Waals surface area contributed by atoms with E-state index < -0.39 is 5.97 Å². The average molecular weight is 283 g/mol. The van der Waals surface area contributed by atoms with E-state index in [9.17, 15) is 9.90 Å². The number of aromatic nitrogens is 1. The molecule has 0 saturated heterocycles. The first kappa shape index (κ1) is 12.8. The summed E-state index contributed by atoms with van der Waals surface area (Å²) in [6, 6.07) is 15.4. The van der Waals surface area contributed by atoms with Gasteiger partial charge in [0.1, 0.15) is 0 Å². The lowest BCUT2D eigenvalue weighted by Crippen LogP contribution is -1.98. The maximum absolute atomic E-state index is 11.3. The second-order valence-electron chi connectivity index (χ2n) is 4.63. The molecule has 4 heteroatoms. The van der Waals surface area contributed by atoms with E-state index in [-0.39, 0.29) is 0 Å². The predicted octanol–water partition coefficient (Wildman–Crippen LogP) is 4.33. The zero-order chi connectivity index (χ0) is 14.1. The summed E-state index contributed by atoms with van der Waals surface area (Å²) in [6.45, 7) is 1.96. The Morgan fingerprint density at radius 2 is 1.95 bits per heavy atom. The molecule has 0 spiro atoms. The summed E-state index contributed by atoms with van der Waals surface area (Å²) < 4.78 is 0. The quantitative estimate of drug-likeness (QED) is 0.752. The van der Waals surface area contributed by atoms with Crippen molar-refractivity contribution in [3.63, 3.8) is 0 Å². The molecule has 0 amide bonds. The maximum atomic E-state index is 11.3. The Bertz CT molecular complexity index is 759. The maximum Gasteiger partial charge on any atom is 0.336 e. The van der Waals surface area contributed by atoms with Crippen LogP contribution in [-0.2, 0) is 0 Å². The van der Waals surface area contributed by atoms with Crippen molar-refractivity contribution in [1.29, 1.82) is 0 Å². The van der Waals surface area contributed by atoms with Crippen LogP contribution in [0.25, 0.3) is 10.9 Å². The zero-order valence-corrected chi connectivity index (χ0v) is 11.7. The second-order valence-corrected chi connectivity index (χ2v) is 5.71. The highest BCUT2D eigenvalue weighted by Crippen LogP contribution is 2.32. The van der Waals surface area contributed by atoms with Gasteiger partial charge >= 0.3 is 5.97 Å². The summed E-state index contributed by atoms with van der Waals surface area (Å²) in [4.78, 5) is 15.3. The van der Waals surface area contributed by atoms with Crippen LogP contribution >= 0.6 is 11.8 Å². The van der Waals surface area contributed by atoms with Crippen LogP contribution in [0.5, 0.6) is 0 Å². The molecule has 3 rings (SSSR count). The van der Waals surface area contributed by atoms with Crippen LogP contribution in [0.15, 0.2) is 58.5 Å². The number of fused-ring (bicyclic) bond motifs is 1. The van der Waals surface area contributed by atoms with Gasteiger partial charge in [-0.05, 0) is 36.8 Å². The van der Waals surface area contributed by atoms with Gasteiger partial charge < -0.3 is 10.1 Å². The molecule has 0 atom stereocenters. The molecule has 0 bridgehead atoms. The zero-order valence-electron chi connectivity index (χ0n) is 10.9. The monoisotopic (exact) mass is 283 g/mol. The third kappa shape index (κ3) is 2.42. The van der Waals surface area contributed by atoms with Gasteiger partial charge in [-0.2, -0.15) is 0 Å². The molecule has 0 radical (unpaired) electrons. The summed E-state index contributed by atoms with van der Waals surface area (Å²) >= 11 is 1.45. The van der Waals surface area contributed by atoms with Gasteiger partial charge in [-0.3, -0.25) is 0 Å². The molecule has 1 heterocycles. The normalized spacial score (nSPS) is 10.8. The van der Waals surface area contributed by atoms with Gasteiger partial charge in [-0.25, -0.2) is 4.79 Å². The van der Waals surface area contributed by atoms with Crippen molar-refractivity contribution < 1.29 is 9.90 Å². The number of hydrogen-bond acceptors (Lipinski definition) is 2. The Kier molecular flexibility index (Phi) is 3.24. The topological polar surface area (TPSA) is 53.1 Å². The number of para-hydroxylation sites is 1. The molecule has 1 aromatic heterocycles. The molecule has 0 aliphatic carbocycles. The number of carbonyl (C=O) groups is 1. The minimum absolute atomic E-state index is 0.333. The van der Waals surface area contributed by atoms with Crippen LogP contribution in [0.2, 0.25) is 0 Å². The lowest BCUT2D eigenvalue weighted by atomic mass is 10.1. The fourth-order valence-electron chi connectivity index (χ4n) is 2.11. The van der Waals surface area contributed by atoms with Crippen LogP contribution in [0.3, 0.4) is 0 Å². The third-order valence-electron chi connectivity index (χ3n) is 3.09. The Hall–Kier alpha value is -2.20. The van der Waals surface area contributed by atoms with Crippen molar-refractivity contribution in [1.82, 2.24) is 4.98 Å². The fourth-order valence-corrected chi connectivity index (χ4v) is 3.20. The summed E-state index contributed by atoms with van der Waals surface area (Å²) in [5.74, 6) is -0.899. The first-order valence-corrected chi connectivity index (χ1v) is 7.05. The summed E-state index contributed by atoms with van der Waals surface area (Å²) in [7, 11) is 0. The van der Waals surface area contributed by atoms with Crippen molar-refractivity contribution in [2.45, 2.75) is 16.8 Å². The van der Waals surface area contributed by atoms with Crippen molar-refractivity contribution in [2.75, 3.05) is 0 Å². The minimum Gasteiger partial charge on any atom is -0.478 e. The van der Waals surface area contributed by atoms with Crippen molar-refractivity contribution >= 4 is 28.6 Å². The number of carboxylic acids is 1. The van der Waals surface area contributed by atoms with Gasteiger partial charge in [0.2, 0.25) is 0 Å². The molecule has 100 valence electrons. The number of benzene rings is 2. The third-order valence-corrected chi connectivity index (χ3v) is 4.09. The fraction of sp³-hybridized carbons (Fsp3) is 0.0625. The molecular weight excluding hydrogens is 270 g/mol. The molecule has 3 aromatic rings. The highest BCUT2D eigenvalue weighted by molar-refractivity contribution is 7.99. The van der Waals surface area contributed by atoms with Gasteiger partial charge in [0, 0.05) is 15.8 Å². The SMILES string of the molecule is Cc1ccc(C(=O)O)c(Sc2cc3ccccc3[nH]2)c1. The van der Waals surface area contributed by atoms with Crippen LogP contribution in [0.4, 0.5) is 0 Å². The van der Waals surface area contributed by atoms with E-state index in [4.69, 9.17) is 0 Å². The van der Waals surface area contributed by atoms with Gasteiger partial charge in [0.15, 0.2) is 0 Å². The number of nitrogens with one attached hydrogen (secondary N) is 1. The standard InChI is InChI=1S/C16H13NO2S/c1-10-6-7-12(16(18)19)14(8-10)20-15-9-11-4-2-3-5-13(11)17-15/h2-9,17H,1H3,(H,18,19). The number of hydrogen-bond donors (Lipinski definition) is 2. The predicted molar refractivity (Wildman–Crippen MR) is 80.6 cm³/mol. The molecule has 20 heavy (non-hydrogen) atoms. The first-order valence-electron chi connectivity index (χ1n) is 6.23. The van der Waals surface area contributed by atoms with Crippen molar-refractivity contribution in [2.24, 2.45) is 0 Å². The number of aryl methyl sites for hydroxylation is 1. The molecule has 0 fully saturated rings. The van der Waals surface area contributed by atoms with Crippen molar-refractivity contribution in [3.8, 4) is 0 Å². The molecule has 2 N–H and O–H groups in total. The Morgan fingerprint density at radius 1 is 1.15 bits per heavy atom. The van der Waals surface area contributed by atoms with E-state index in [0.717, 1.165) is 26.4 Å². The molecular formula is C16H13NO2S. The Labute approximate surface area is 120 Å². The van der Waals surface area contributed by atoms with E-state index in [1.807, 2.05) is 49.4 Å². The largest absolute Gasteiger partial charge is 0.478 e. The minimum atomic E-state index is -0.899. The second kappa shape index (κ2) is 5.06. The van der Waals surface area contributed by atoms with E-state index in [1.165, 1.54) is 11.8 Å². The molecule has 2 aromatic carbocycles. The van der Waals surface area contributed by atoms with Gasteiger partial charge in [0.25, 0.3) is 0 Å². The highest BCUT2D eigenvalue weighted by Gasteiger charge is 2.12. The Morgan fingerprint density at radius 3 is 2.70 bits per heavy atom. The smallest absolute Gasteiger partial charge is 0.336 e. The molecule has 0 saturated carbocycles. The molecule has 0 aliphatic rings. The lowest BCUT2D eigenvalue weighted by Gasteiger charge is -2.05. The van der Waals surface area contributed by atoms with Crippen LogP contribution < -0.4 is 0 Å². The van der Waals surface area contributed by atoms with Crippen LogP contribution in [-0.4, -0.2) is 16.1 Å². The van der Waals surface area contributed by atoms with Crippen molar-refractivity contribution in [3.05, 3.63) is 59.7 Å².